The van der Waals surface area contributed by atoms with Gasteiger partial charge >= 0.3 is 12.3 Å². The lowest BCUT2D eigenvalue weighted by Crippen LogP contribution is -2.46. The molecule has 9 rings (SSSR count). The number of piperidine rings is 2. The number of imidazole rings is 1. The predicted octanol–water partition coefficient (Wildman–Crippen LogP) is 6.51. The maximum Gasteiger partial charge on any atom is 0.573 e. The van der Waals surface area contributed by atoms with Gasteiger partial charge in [0.2, 0.25) is 0 Å². The molecule has 1 spiro atoms. The number of carbonyl (C=O) groups excluding carboxylic acids is 1. The number of alkyl halides is 3. The smallest absolute Gasteiger partial charge is 0.461 e. The number of ether oxygens (including phenoxy) is 3. The molecule has 0 N–H and O–H groups in total. The first-order chi connectivity index (χ1) is 21.8. The fourth-order valence-corrected chi connectivity index (χ4v) is 8.60. The minimum atomic E-state index is -4.82. The molecular weight excluding hydrogens is 589 g/mol. The Kier molecular flexibility index (Phi) is 5.74. The molecule has 45 heavy (non-hydrogen) atoms. The Morgan fingerprint density at radius 2 is 2.02 bits per heavy atom. The van der Waals surface area contributed by atoms with Crippen molar-refractivity contribution in [3.63, 3.8) is 0 Å². The summed E-state index contributed by atoms with van der Waals surface area (Å²) in [6, 6.07) is 10.6. The molecular formula is C33H31F3N4O5. The van der Waals surface area contributed by atoms with Crippen LogP contribution < -0.4 is 9.64 Å². The van der Waals surface area contributed by atoms with Crippen LogP contribution in [0.15, 0.2) is 53.3 Å². The largest absolute Gasteiger partial charge is 0.573 e. The molecule has 6 atom stereocenters. The molecule has 5 unspecified atom stereocenters. The van der Waals surface area contributed by atoms with Crippen LogP contribution in [-0.2, 0) is 16.1 Å². The monoisotopic (exact) mass is 620 g/mol. The van der Waals surface area contributed by atoms with Gasteiger partial charge in [-0.25, -0.2) is 9.78 Å². The Bertz CT molecular complexity index is 1830. The normalized spacial score (nSPS) is 29.4. The van der Waals surface area contributed by atoms with Crippen molar-refractivity contribution in [1.29, 1.82) is 0 Å². The molecule has 2 bridgehead atoms. The first-order valence-corrected chi connectivity index (χ1v) is 15.7. The first-order valence-electron chi connectivity index (χ1n) is 15.7. The number of benzene rings is 1. The Morgan fingerprint density at radius 3 is 2.82 bits per heavy atom. The van der Waals surface area contributed by atoms with Gasteiger partial charge in [-0.15, -0.1) is 13.2 Å². The standard InChI is InChI=1S/C33H31F3N4O5/c1-2-42-31(41)24-15-37-26-13-19(9-10-39(24)26)40-20-11-18-14-32(18,40)27-22(12-20)30(27)43-16-23-28(38-45-29(23)17-7-8-17)21-5-3-4-6-25(21)44-33(34,35)36/h3-6,9-10,13,15,17-18,20,22,27,30H,2,7-8,11-12,14,16H2,1H3/t18?,20?,22?,27?,30-,32?/m0/s1. The number of halogens is 3. The number of esters is 1. The van der Waals surface area contributed by atoms with Gasteiger partial charge in [0.1, 0.15) is 22.9 Å². The number of para-hydroxylation sites is 1. The molecule has 3 aliphatic carbocycles. The molecule has 0 amide bonds. The van der Waals surface area contributed by atoms with E-state index < -0.39 is 12.3 Å². The fraction of sp³-hybridized carbons (Fsp3) is 0.485. The highest BCUT2D eigenvalue weighted by molar-refractivity contribution is 5.88. The van der Waals surface area contributed by atoms with Gasteiger partial charge in [0.05, 0.1) is 25.5 Å². The molecule has 5 aliphatic rings. The SMILES string of the molecule is CCOC(=O)c1cnc2cc(N3C4CC5C([C@H]5OCc5c(-c6ccccc6OC(F)(F)F)noc5C5CC5)C35CC5C4)ccn12. The van der Waals surface area contributed by atoms with E-state index in [1.807, 2.05) is 6.20 Å². The highest BCUT2D eigenvalue weighted by Gasteiger charge is 2.80. The zero-order valence-corrected chi connectivity index (χ0v) is 24.5. The summed E-state index contributed by atoms with van der Waals surface area (Å²) in [5.41, 5.74) is 3.56. The van der Waals surface area contributed by atoms with Crippen molar-refractivity contribution in [1.82, 2.24) is 14.5 Å². The number of hydrogen-bond donors (Lipinski definition) is 0. The molecule has 0 radical (unpaired) electrons. The molecule has 2 saturated heterocycles. The number of hydrogen-bond acceptors (Lipinski definition) is 8. The minimum absolute atomic E-state index is 0.0388. The van der Waals surface area contributed by atoms with Crippen molar-refractivity contribution in [2.75, 3.05) is 11.5 Å². The lowest BCUT2D eigenvalue weighted by Gasteiger charge is -2.40. The van der Waals surface area contributed by atoms with Gasteiger partial charge in [0.15, 0.2) is 5.69 Å². The van der Waals surface area contributed by atoms with Crippen LogP contribution in [0.3, 0.4) is 0 Å². The molecule has 3 aromatic heterocycles. The molecule has 12 heteroatoms. The predicted molar refractivity (Wildman–Crippen MR) is 154 cm³/mol. The number of rotatable bonds is 9. The van der Waals surface area contributed by atoms with E-state index in [2.05, 4.69) is 31.9 Å². The van der Waals surface area contributed by atoms with Crippen LogP contribution >= 0.6 is 0 Å². The Balaban J connectivity index is 0.973. The average Bonchev–Trinajstić information content (AvgIpc) is 3.96. The summed E-state index contributed by atoms with van der Waals surface area (Å²) in [7, 11) is 0. The quantitative estimate of drug-likeness (QED) is 0.196. The van der Waals surface area contributed by atoms with Crippen LogP contribution in [0.2, 0.25) is 0 Å². The van der Waals surface area contributed by atoms with Crippen LogP contribution in [0.1, 0.15) is 66.8 Å². The van der Waals surface area contributed by atoms with Crippen molar-refractivity contribution in [2.45, 2.75) is 75.6 Å². The number of pyridine rings is 1. The van der Waals surface area contributed by atoms with Crippen molar-refractivity contribution >= 4 is 17.3 Å². The van der Waals surface area contributed by atoms with E-state index in [0.717, 1.165) is 37.8 Å². The number of fused-ring (bicyclic) bond motifs is 3. The van der Waals surface area contributed by atoms with E-state index in [0.29, 0.717) is 58.8 Å². The third-order valence-corrected chi connectivity index (χ3v) is 10.5. The van der Waals surface area contributed by atoms with E-state index in [1.165, 1.54) is 12.1 Å². The summed E-state index contributed by atoms with van der Waals surface area (Å²) < 4.78 is 63.3. The minimum Gasteiger partial charge on any atom is -0.461 e. The Morgan fingerprint density at radius 1 is 1.18 bits per heavy atom. The summed E-state index contributed by atoms with van der Waals surface area (Å²) in [6.45, 7) is 2.31. The van der Waals surface area contributed by atoms with E-state index in [1.54, 1.807) is 29.7 Å². The third kappa shape index (κ3) is 4.20. The molecule has 2 aliphatic heterocycles. The second-order valence-electron chi connectivity index (χ2n) is 13.0. The molecule has 234 valence electrons. The first kappa shape index (κ1) is 27.3. The molecule has 1 aromatic carbocycles. The van der Waals surface area contributed by atoms with Gasteiger partial charge < -0.3 is 23.6 Å². The zero-order valence-electron chi connectivity index (χ0n) is 24.5. The van der Waals surface area contributed by atoms with Gasteiger partial charge in [-0.05, 0) is 69.1 Å². The Labute approximate surface area is 256 Å². The lowest BCUT2D eigenvalue weighted by atomic mass is 9.97. The van der Waals surface area contributed by atoms with E-state index in [9.17, 15) is 18.0 Å². The lowest BCUT2D eigenvalue weighted by molar-refractivity contribution is -0.274. The average molecular weight is 621 g/mol. The number of nitrogens with zero attached hydrogens (tertiary/aromatic N) is 4. The number of anilines is 1. The topological polar surface area (TPSA) is 91.3 Å². The van der Waals surface area contributed by atoms with Crippen LogP contribution in [0.4, 0.5) is 18.9 Å². The summed E-state index contributed by atoms with van der Waals surface area (Å²) in [6.07, 6.45) is 3.91. The highest BCUT2D eigenvalue weighted by Crippen LogP contribution is 2.75. The van der Waals surface area contributed by atoms with Crippen molar-refractivity contribution < 1.29 is 36.7 Å². The fourth-order valence-electron chi connectivity index (χ4n) is 8.60. The highest BCUT2D eigenvalue weighted by atomic mass is 19.4. The molecule has 4 aromatic rings. The van der Waals surface area contributed by atoms with Crippen LogP contribution in [0.5, 0.6) is 5.75 Å². The van der Waals surface area contributed by atoms with E-state index in [4.69, 9.17) is 14.0 Å². The van der Waals surface area contributed by atoms with E-state index in [-0.39, 0.29) is 35.5 Å². The zero-order chi connectivity index (χ0) is 30.7. The van der Waals surface area contributed by atoms with Crippen molar-refractivity contribution in [2.24, 2.45) is 17.8 Å². The number of carbonyl (C=O) groups is 1. The third-order valence-electron chi connectivity index (χ3n) is 10.5. The molecule has 3 saturated carbocycles. The van der Waals surface area contributed by atoms with Crippen LogP contribution in [-0.4, -0.2) is 51.2 Å². The van der Waals surface area contributed by atoms with Crippen LogP contribution in [0, 0.1) is 17.8 Å². The summed E-state index contributed by atoms with van der Waals surface area (Å²) in [5, 5.41) is 4.24. The maximum atomic E-state index is 13.2. The molecule has 9 nitrogen and oxygen atoms in total. The number of aromatic nitrogens is 3. The van der Waals surface area contributed by atoms with Gasteiger partial charge in [-0.1, -0.05) is 17.3 Å². The molecule has 5 fully saturated rings. The summed E-state index contributed by atoms with van der Waals surface area (Å²) in [5.74, 6) is 1.64. The van der Waals surface area contributed by atoms with Gasteiger partial charge in [0.25, 0.3) is 0 Å². The maximum absolute atomic E-state index is 13.2. The molecule has 5 heterocycles. The van der Waals surface area contributed by atoms with Crippen molar-refractivity contribution in [3.8, 4) is 17.0 Å². The van der Waals surface area contributed by atoms with Crippen LogP contribution in [0.25, 0.3) is 16.9 Å². The van der Waals surface area contributed by atoms with E-state index >= 15 is 0 Å². The second-order valence-corrected chi connectivity index (χ2v) is 13.0. The van der Waals surface area contributed by atoms with Gasteiger partial charge in [0, 0.05) is 52.5 Å². The second kappa shape index (κ2) is 9.48. The van der Waals surface area contributed by atoms with Gasteiger partial charge in [-0.2, -0.15) is 0 Å². The Hall–Kier alpha value is -4.06. The van der Waals surface area contributed by atoms with Gasteiger partial charge in [-0.3, -0.25) is 4.40 Å². The van der Waals surface area contributed by atoms with Crippen molar-refractivity contribution in [3.05, 3.63) is 65.8 Å². The summed E-state index contributed by atoms with van der Waals surface area (Å²) >= 11 is 0. The summed E-state index contributed by atoms with van der Waals surface area (Å²) in [4.78, 5) is 19.5.